The summed E-state index contributed by atoms with van der Waals surface area (Å²) in [4.78, 5) is 10.0. The predicted molar refractivity (Wildman–Crippen MR) is 32.8 cm³/mol. The van der Waals surface area contributed by atoms with Gasteiger partial charge in [0.05, 0.1) is 13.2 Å². The lowest BCUT2D eigenvalue weighted by Crippen LogP contribution is -2.52. The van der Waals surface area contributed by atoms with Crippen molar-refractivity contribution >= 4 is 5.97 Å². The Hall–Kier alpha value is -0.690. The number of hydrogen-bond acceptors (Lipinski definition) is 5. The van der Waals surface area contributed by atoms with Gasteiger partial charge in [0, 0.05) is 0 Å². The highest BCUT2D eigenvalue weighted by molar-refractivity contribution is 5.73. The molecule has 0 fully saturated rings. The van der Waals surface area contributed by atoms with E-state index in [9.17, 15) is 4.79 Å². The summed E-state index contributed by atoms with van der Waals surface area (Å²) in [5.74, 6) is -1.70. The number of aliphatic hydroxyl groups excluding tert-OH is 3. The standard InChI is InChI=1S/C5H10O6/c6-1-5(11,2-7)3(8)4(9)10/h3,6-8,11H,1-2H2,(H,9,10)/t3-/m0/s1. The Morgan fingerprint density at radius 1 is 1.36 bits per heavy atom. The molecule has 6 heteroatoms. The second-order valence-electron chi connectivity index (χ2n) is 2.16. The molecule has 0 aliphatic heterocycles. The van der Waals surface area contributed by atoms with E-state index in [4.69, 9.17) is 25.5 Å². The third kappa shape index (κ3) is 2.12. The van der Waals surface area contributed by atoms with Crippen molar-refractivity contribution in [2.45, 2.75) is 11.7 Å². The van der Waals surface area contributed by atoms with Crippen LogP contribution in [0.4, 0.5) is 0 Å². The number of rotatable bonds is 4. The van der Waals surface area contributed by atoms with Crippen LogP contribution in [0.2, 0.25) is 0 Å². The molecule has 0 heterocycles. The minimum atomic E-state index is -2.37. The van der Waals surface area contributed by atoms with Crippen LogP contribution < -0.4 is 0 Å². The fourth-order valence-electron chi connectivity index (χ4n) is 0.453. The molecule has 66 valence electrons. The van der Waals surface area contributed by atoms with E-state index in [0.717, 1.165) is 0 Å². The Bertz CT molecular complexity index is 140. The fourth-order valence-corrected chi connectivity index (χ4v) is 0.453. The molecule has 1 atom stereocenters. The van der Waals surface area contributed by atoms with Gasteiger partial charge in [0.1, 0.15) is 5.60 Å². The SMILES string of the molecule is O=C(O)[C@H](O)C(O)(CO)CO. The molecule has 0 aromatic carbocycles. The van der Waals surface area contributed by atoms with Gasteiger partial charge in [0.15, 0.2) is 6.10 Å². The molecule has 11 heavy (non-hydrogen) atoms. The molecule has 0 aromatic heterocycles. The molecule has 0 bridgehead atoms. The second kappa shape index (κ2) is 3.63. The van der Waals surface area contributed by atoms with E-state index in [-0.39, 0.29) is 0 Å². The van der Waals surface area contributed by atoms with Crippen LogP contribution in [0.15, 0.2) is 0 Å². The van der Waals surface area contributed by atoms with Gasteiger partial charge in [-0.1, -0.05) is 0 Å². The van der Waals surface area contributed by atoms with E-state index < -0.39 is 30.9 Å². The highest BCUT2D eigenvalue weighted by atomic mass is 16.4. The van der Waals surface area contributed by atoms with Crippen LogP contribution in [-0.2, 0) is 4.79 Å². The van der Waals surface area contributed by atoms with Crippen LogP contribution in [0, 0.1) is 0 Å². The third-order valence-corrected chi connectivity index (χ3v) is 1.29. The first-order valence-electron chi connectivity index (χ1n) is 2.83. The molecule has 0 aliphatic rings. The molecule has 5 N–H and O–H groups in total. The lowest BCUT2D eigenvalue weighted by Gasteiger charge is -2.25. The molecule has 6 nitrogen and oxygen atoms in total. The Kier molecular flexibility index (Phi) is 3.40. The Morgan fingerprint density at radius 3 is 1.82 bits per heavy atom. The molecule has 0 unspecified atom stereocenters. The summed E-state index contributed by atoms with van der Waals surface area (Å²) < 4.78 is 0. The Morgan fingerprint density at radius 2 is 1.73 bits per heavy atom. The van der Waals surface area contributed by atoms with Gasteiger partial charge in [-0.2, -0.15) is 0 Å². The van der Waals surface area contributed by atoms with Gasteiger partial charge in [0.2, 0.25) is 0 Å². The van der Waals surface area contributed by atoms with Crippen molar-refractivity contribution in [3.63, 3.8) is 0 Å². The van der Waals surface area contributed by atoms with Gasteiger partial charge >= 0.3 is 5.97 Å². The first-order valence-corrected chi connectivity index (χ1v) is 2.83. The largest absolute Gasteiger partial charge is 0.479 e. The number of aliphatic carboxylic acids is 1. The maximum absolute atomic E-state index is 10.0. The first-order chi connectivity index (χ1) is 4.98. The molecule has 0 amide bonds. The van der Waals surface area contributed by atoms with Crippen molar-refractivity contribution < 1.29 is 30.3 Å². The highest BCUT2D eigenvalue weighted by Gasteiger charge is 2.39. The van der Waals surface area contributed by atoms with Crippen molar-refractivity contribution in [2.24, 2.45) is 0 Å². The first kappa shape index (κ1) is 10.3. The van der Waals surface area contributed by atoms with Crippen molar-refractivity contribution in [3.8, 4) is 0 Å². The lowest BCUT2D eigenvalue weighted by molar-refractivity contribution is -0.175. The summed E-state index contributed by atoms with van der Waals surface area (Å²) in [7, 11) is 0. The maximum atomic E-state index is 10.0. The van der Waals surface area contributed by atoms with Crippen LogP contribution in [0.25, 0.3) is 0 Å². The van der Waals surface area contributed by atoms with E-state index in [2.05, 4.69) is 0 Å². The molecule has 0 aliphatic carbocycles. The van der Waals surface area contributed by atoms with Gasteiger partial charge in [-0.3, -0.25) is 0 Å². The molecule has 0 spiro atoms. The molecule has 0 saturated heterocycles. The monoisotopic (exact) mass is 166 g/mol. The van der Waals surface area contributed by atoms with E-state index >= 15 is 0 Å². The number of carboxylic acids is 1. The predicted octanol–water partition coefficient (Wildman–Crippen LogP) is -2.85. The number of carbonyl (C=O) groups is 1. The summed E-state index contributed by atoms with van der Waals surface area (Å²) in [6, 6.07) is 0. The summed E-state index contributed by atoms with van der Waals surface area (Å²) in [5.41, 5.74) is -2.37. The molecule has 0 radical (unpaired) electrons. The summed E-state index contributed by atoms with van der Waals surface area (Å²) in [6.45, 7) is -2.03. The minimum absolute atomic E-state index is 1.02. The molecule has 0 saturated carbocycles. The smallest absolute Gasteiger partial charge is 0.335 e. The van der Waals surface area contributed by atoms with Crippen molar-refractivity contribution in [1.29, 1.82) is 0 Å². The van der Waals surface area contributed by atoms with Crippen LogP contribution in [0.3, 0.4) is 0 Å². The van der Waals surface area contributed by atoms with Gasteiger partial charge in [-0.25, -0.2) is 4.79 Å². The molecule has 0 aromatic rings. The van der Waals surface area contributed by atoms with E-state index in [1.807, 2.05) is 0 Å². The highest BCUT2D eigenvalue weighted by Crippen LogP contribution is 2.08. The van der Waals surface area contributed by atoms with Gasteiger partial charge in [-0.15, -0.1) is 0 Å². The van der Waals surface area contributed by atoms with Crippen LogP contribution in [0.1, 0.15) is 0 Å². The van der Waals surface area contributed by atoms with Gasteiger partial charge in [-0.05, 0) is 0 Å². The van der Waals surface area contributed by atoms with Crippen LogP contribution in [0.5, 0.6) is 0 Å². The van der Waals surface area contributed by atoms with Gasteiger partial charge in [0.25, 0.3) is 0 Å². The van der Waals surface area contributed by atoms with Crippen molar-refractivity contribution in [2.75, 3.05) is 13.2 Å². The number of aliphatic hydroxyl groups is 4. The van der Waals surface area contributed by atoms with Crippen molar-refractivity contribution in [3.05, 3.63) is 0 Å². The van der Waals surface area contributed by atoms with E-state index in [1.54, 1.807) is 0 Å². The van der Waals surface area contributed by atoms with E-state index in [0.29, 0.717) is 0 Å². The summed E-state index contributed by atoms with van der Waals surface area (Å²) in [5, 5.41) is 42.5. The van der Waals surface area contributed by atoms with E-state index in [1.165, 1.54) is 0 Å². The van der Waals surface area contributed by atoms with Crippen molar-refractivity contribution in [1.82, 2.24) is 0 Å². The molecular weight excluding hydrogens is 156 g/mol. The van der Waals surface area contributed by atoms with Crippen LogP contribution in [-0.4, -0.2) is 56.4 Å². The zero-order valence-corrected chi connectivity index (χ0v) is 5.64. The fraction of sp³-hybridized carbons (Fsp3) is 0.800. The zero-order valence-electron chi connectivity index (χ0n) is 5.64. The average Bonchev–Trinajstić information content (AvgIpc) is 2.01. The second-order valence-corrected chi connectivity index (χ2v) is 2.16. The summed E-state index contributed by atoms with van der Waals surface area (Å²) in [6.07, 6.45) is -2.18. The maximum Gasteiger partial charge on any atom is 0.335 e. The zero-order chi connectivity index (χ0) is 9.07. The lowest BCUT2D eigenvalue weighted by atomic mass is 9.99. The third-order valence-electron chi connectivity index (χ3n) is 1.29. The number of carboxylic acid groups (broad SMARTS) is 1. The molecule has 0 rings (SSSR count). The topological polar surface area (TPSA) is 118 Å². The number of hydrogen-bond donors (Lipinski definition) is 5. The minimum Gasteiger partial charge on any atom is -0.479 e. The van der Waals surface area contributed by atoms with Crippen LogP contribution >= 0.6 is 0 Å². The Labute approximate surface area is 62.3 Å². The quantitative estimate of drug-likeness (QED) is 0.307. The Balaban J connectivity index is 4.36. The molecular formula is C5H10O6. The summed E-state index contributed by atoms with van der Waals surface area (Å²) >= 11 is 0. The normalized spacial score (nSPS) is 14.5. The van der Waals surface area contributed by atoms with Gasteiger partial charge < -0.3 is 25.5 Å². The average molecular weight is 166 g/mol.